The van der Waals surface area contributed by atoms with Gasteiger partial charge in [-0.15, -0.1) is 0 Å². The third-order valence-corrected chi connectivity index (χ3v) is 4.39. The van der Waals surface area contributed by atoms with E-state index in [1.165, 1.54) is 4.90 Å². The fourth-order valence-electron chi connectivity index (χ4n) is 2.84. The van der Waals surface area contributed by atoms with E-state index in [9.17, 15) is 4.79 Å². The molecule has 3 rings (SSSR count). The molecule has 1 fully saturated rings. The minimum Gasteiger partial charge on any atom is -0.494 e. The molecule has 2 aromatic rings. The summed E-state index contributed by atoms with van der Waals surface area (Å²) in [5.74, 6) is 1.77. The summed E-state index contributed by atoms with van der Waals surface area (Å²) in [5.41, 5.74) is 1.45. The number of nitrogens with one attached hydrogen (secondary N) is 1. The fraction of sp³-hybridized carbons (Fsp3) is 0.263. The smallest absolute Gasteiger partial charge is 0.260 e. The number of hydrogen-bond acceptors (Lipinski definition) is 5. The van der Waals surface area contributed by atoms with Crippen molar-refractivity contribution < 1.29 is 19.0 Å². The number of anilines is 1. The summed E-state index contributed by atoms with van der Waals surface area (Å²) in [6.07, 6.45) is 0. The average molecular weight is 372 g/mol. The van der Waals surface area contributed by atoms with Gasteiger partial charge in [0.05, 0.1) is 26.5 Å². The summed E-state index contributed by atoms with van der Waals surface area (Å²) >= 11 is 5.38. The minimum atomic E-state index is -0.575. The Morgan fingerprint density at radius 1 is 1.08 bits per heavy atom. The van der Waals surface area contributed by atoms with Gasteiger partial charge in [0.15, 0.2) is 16.6 Å². The van der Waals surface area contributed by atoms with Crippen molar-refractivity contribution in [2.75, 3.05) is 25.7 Å². The lowest BCUT2D eigenvalue weighted by molar-refractivity contribution is -0.118. The zero-order chi connectivity index (χ0) is 18.7. The van der Waals surface area contributed by atoms with Crippen molar-refractivity contribution in [3.8, 4) is 17.2 Å². The second-order valence-corrected chi connectivity index (χ2v) is 5.98. The maximum absolute atomic E-state index is 13.0. The van der Waals surface area contributed by atoms with E-state index in [1.807, 2.05) is 37.3 Å². The van der Waals surface area contributed by atoms with Gasteiger partial charge in [-0.1, -0.05) is 6.07 Å². The Kier molecular flexibility index (Phi) is 5.27. The quantitative estimate of drug-likeness (QED) is 0.787. The van der Waals surface area contributed by atoms with Crippen LogP contribution in [0.2, 0.25) is 0 Å². The fourth-order valence-corrected chi connectivity index (χ4v) is 3.15. The molecule has 0 bridgehead atoms. The Bertz CT molecular complexity index is 823. The van der Waals surface area contributed by atoms with E-state index in [-0.39, 0.29) is 5.91 Å². The van der Waals surface area contributed by atoms with Gasteiger partial charge in [0.1, 0.15) is 11.8 Å². The molecule has 1 heterocycles. The SMILES string of the molecule is CCOc1ccc(N2C(=O)C(c3ccc(OC)c(OC)c3)NC2=S)cc1. The van der Waals surface area contributed by atoms with E-state index < -0.39 is 6.04 Å². The monoisotopic (exact) mass is 372 g/mol. The Morgan fingerprint density at radius 2 is 1.77 bits per heavy atom. The van der Waals surface area contributed by atoms with Crippen LogP contribution in [0.1, 0.15) is 18.5 Å². The highest BCUT2D eigenvalue weighted by Gasteiger charge is 2.37. The van der Waals surface area contributed by atoms with Gasteiger partial charge < -0.3 is 19.5 Å². The molecule has 136 valence electrons. The molecule has 6 nitrogen and oxygen atoms in total. The van der Waals surface area contributed by atoms with E-state index in [4.69, 9.17) is 26.4 Å². The lowest BCUT2D eigenvalue weighted by atomic mass is 10.1. The van der Waals surface area contributed by atoms with Crippen LogP contribution in [0.5, 0.6) is 17.2 Å². The second kappa shape index (κ2) is 7.61. The van der Waals surface area contributed by atoms with Crippen LogP contribution in [0, 0.1) is 0 Å². The predicted molar refractivity (Wildman–Crippen MR) is 103 cm³/mol. The summed E-state index contributed by atoms with van der Waals surface area (Å²) in [7, 11) is 3.13. The van der Waals surface area contributed by atoms with Crippen molar-refractivity contribution in [3.05, 3.63) is 48.0 Å². The molecule has 1 aliphatic heterocycles. The Hall–Kier alpha value is -2.80. The van der Waals surface area contributed by atoms with Crippen molar-refractivity contribution in [1.82, 2.24) is 5.32 Å². The number of carbonyl (C=O) groups is 1. The third-order valence-electron chi connectivity index (χ3n) is 4.09. The van der Waals surface area contributed by atoms with Crippen LogP contribution in [-0.4, -0.2) is 31.8 Å². The summed E-state index contributed by atoms with van der Waals surface area (Å²) in [5, 5.41) is 3.44. The van der Waals surface area contributed by atoms with Gasteiger partial charge in [-0.25, -0.2) is 0 Å². The molecule has 0 aliphatic carbocycles. The first-order valence-corrected chi connectivity index (χ1v) is 8.59. The van der Waals surface area contributed by atoms with Crippen molar-refractivity contribution in [2.45, 2.75) is 13.0 Å². The summed E-state index contributed by atoms with van der Waals surface area (Å²) < 4.78 is 16.0. The van der Waals surface area contributed by atoms with E-state index in [0.717, 1.165) is 11.3 Å². The Balaban J connectivity index is 1.87. The Morgan fingerprint density at radius 3 is 2.38 bits per heavy atom. The van der Waals surface area contributed by atoms with Crippen molar-refractivity contribution in [2.24, 2.45) is 0 Å². The summed E-state index contributed by atoms with van der Waals surface area (Å²) in [6.45, 7) is 2.51. The first-order chi connectivity index (χ1) is 12.6. The highest BCUT2D eigenvalue weighted by molar-refractivity contribution is 7.80. The normalized spacial score (nSPS) is 16.4. The van der Waals surface area contributed by atoms with Gasteiger partial charge in [-0.3, -0.25) is 9.69 Å². The number of carbonyl (C=O) groups excluding carboxylic acids is 1. The van der Waals surface area contributed by atoms with E-state index in [2.05, 4.69) is 5.32 Å². The van der Waals surface area contributed by atoms with Gasteiger partial charge in [-0.05, 0) is 61.1 Å². The maximum atomic E-state index is 13.0. The number of benzene rings is 2. The van der Waals surface area contributed by atoms with Crippen LogP contribution in [0.15, 0.2) is 42.5 Å². The molecule has 7 heteroatoms. The molecule has 0 aromatic heterocycles. The minimum absolute atomic E-state index is 0.147. The molecule has 1 unspecified atom stereocenters. The molecule has 1 amide bonds. The zero-order valence-corrected chi connectivity index (χ0v) is 15.6. The zero-order valence-electron chi connectivity index (χ0n) is 14.8. The molecule has 1 saturated heterocycles. The van der Waals surface area contributed by atoms with Crippen LogP contribution in [0.25, 0.3) is 0 Å². The highest BCUT2D eigenvalue weighted by atomic mass is 32.1. The van der Waals surface area contributed by atoms with Gasteiger partial charge in [0.2, 0.25) is 0 Å². The largest absolute Gasteiger partial charge is 0.494 e. The molecule has 1 N–H and O–H groups in total. The number of thiocarbonyl (C=S) groups is 1. The van der Waals surface area contributed by atoms with Gasteiger partial charge in [-0.2, -0.15) is 0 Å². The van der Waals surface area contributed by atoms with Gasteiger partial charge in [0.25, 0.3) is 5.91 Å². The van der Waals surface area contributed by atoms with Crippen molar-refractivity contribution in [1.29, 1.82) is 0 Å². The molecule has 1 aliphatic rings. The third kappa shape index (κ3) is 3.30. The van der Waals surface area contributed by atoms with Gasteiger partial charge in [0, 0.05) is 0 Å². The molecule has 0 spiro atoms. The molecule has 0 radical (unpaired) electrons. The lowest BCUT2D eigenvalue weighted by Crippen LogP contribution is -2.30. The van der Waals surface area contributed by atoms with Crippen LogP contribution in [0.4, 0.5) is 5.69 Å². The highest BCUT2D eigenvalue weighted by Crippen LogP contribution is 2.33. The first kappa shape index (κ1) is 18.0. The molecule has 0 saturated carbocycles. The molecule has 2 aromatic carbocycles. The van der Waals surface area contributed by atoms with E-state index in [0.29, 0.717) is 28.9 Å². The Labute approximate surface area is 157 Å². The first-order valence-electron chi connectivity index (χ1n) is 8.18. The molecule has 26 heavy (non-hydrogen) atoms. The number of ether oxygens (including phenoxy) is 3. The number of methoxy groups -OCH3 is 2. The van der Waals surface area contributed by atoms with E-state index in [1.54, 1.807) is 26.4 Å². The van der Waals surface area contributed by atoms with Crippen LogP contribution >= 0.6 is 12.2 Å². The second-order valence-electron chi connectivity index (χ2n) is 5.60. The summed E-state index contributed by atoms with van der Waals surface area (Å²) in [6, 6.07) is 12.1. The molecule has 1 atom stereocenters. The van der Waals surface area contributed by atoms with Crippen LogP contribution in [-0.2, 0) is 4.79 Å². The maximum Gasteiger partial charge on any atom is 0.260 e. The van der Waals surface area contributed by atoms with Crippen LogP contribution in [0.3, 0.4) is 0 Å². The standard InChI is InChI=1S/C19H20N2O4S/c1-4-25-14-8-6-13(7-9-14)21-18(22)17(20-19(21)26)12-5-10-15(23-2)16(11-12)24-3/h5-11,17H,4H2,1-3H3,(H,20,26). The number of rotatable bonds is 6. The predicted octanol–water partition coefficient (Wildman–Crippen LogP) is 3.06. The van der Waals surface area contributed by atoms with E-state index >= 15 is 0 Å². The van der Waals surface area contributed by atoms with Gasteiger partial charge >= 0.3 is 0 Å². The van der Waals surface area contributed by atoms with Crippen LogP contribution < -0.4 is 24.4 Å². The summed E-state index contributed by atoms with van der Waals surface area (Å²) in [4.78, 5) is 14.4. The van der Waals surface area contributed by atoms with Crippen molar-refractivity contribution in [3.63, 3.8) is 0 Å². The number of hydrogen-bond donors (Lipinski definition) is 1. The average Bonchev–Trinajstić information content (AvgIpc) is 2.96. The molecular weight excluding hydrogens is 352 g/mol. The molecular formula is C19H20N2O4S. The topological polar surface area (TPSA) is 60.0 Å². The van der Waals surface area contributed by atoms with Crippen molar-refractivity contribution >= 4 is 28.9 Å². The lowest BCUT2D eigenvalue weighted by Gasteiger charge is -2.16. The number of nitrogens with zero attached hydrogens (tertiary/aromatic N) is 1. The number of amides is 1.